The molecule has 3 heterocycles. The molecule has 0 aliphatic carbocycles. The first-order valence-electron chi connectivity index (χ1n) is 15.6. The average Bonchev–Trinajstić information content (AvgIpc) is 3.48. The lowest BCUT2D eigenvalue weighted by molar-refractivity contribution is -0.305. The van der Waals surface area contributed by atoms with Gasteiger partial charge in [-0.3, -0.25) is 4.79 Å². The van der Waals surface area contributed by atoms with Crippen molar-refractivity contribution in [3.8, 4) is 11.5 Å². The monoisotopic (exact) mass is 694 g/mol. The van der Waals surface area contributed by atoms with Crippen molar-refractivity contribution < 1.29 is 43.2 Å². The van der Waals surface area contributed by atoms with Gasteiger partial charge in [0.15, 0.2) is 29.2 Å². The fraction of sp³-hybridized carbons (Fsp3) is 0.361. The average molecular weight is 695 g/mol. The molecule has 1 aliphatic heterocycles. The Morgan fingerprint density at radius 2 is 1.86 bits per heavy atom. The number of esters is 1. The highest BCUT2D eigenvalue weighted by molar-refractivity contribution is 6.36. The number of aliphatic hydroxyl groups excluding tert-OH is 1. The Morgan fingerprint density at radius 3 is 2.51 bits per heavy atom. The summed E-state index contributed by atoms with van der Waals surface area (Å²) in [5.74, 6) is -1.97. The largest absolute Gasteiger partial charge is 0.505 e. The molecule has 0 saturated carbocycles. The van der Waals surface area contributed by atoms with Crippen LogP contribution in [-0.2, 0) is 20.6 Å². The van der Waals surface area contributed by atoms with Crippen LogP contribution in [0.4, 0.5) is 5.69 Å². The number of rotatable bonds is 9. The molecule has 12 nitrogen and oxygen atoms in total. The Hall–Kier alpha value is -4.62. The van der Waals surface area contributed by atoms with Crippen molar-refractivity contribution in [1.29, 1.82) is 0 Å². The number of aromatic amines is 1. The molecule has 0 radical (unpaired) electrons. The predicted octanol–water partition coefficient (Wildman–Crippen LogP) is 5.97. The van der Waals surface area contributed by atoms with Crippen molar-refractivity contribution in [2.75, 3.05) is 12.4 Å². The lowest BCUT2D eigenvalue weighted by Crippen LogP contribution is -2.65. The number of aliphatic hydroxyl groups is 1. The number of halogens is 1. The topological polar surface area (TPSA) is 170 Å². The van der Waals surface area contributed by atoms with Crippen molar-refractivity contribution >= 4 is 40.1 Å². The second-order valence-corrected chi connectivity index (χ2v) is 13.1. The van der Waals surface area contributed by atoms with Gasteiger partial charge < -0.3 is 43.9 Å². The zero-order chi connectivity index (χ0) is 35.8. The number of hydrogen-bond acceptors (Lipinski definition) is 10. The first kappa shape index (κ1) is 35.7. The van der Waals surface area contributed by atoms with Gasteiger partial charge in [-0.2, -0.15) is 0 Å². The third-order valence-corrected chi connectivity index (χ3v) is 8.70. The molecular formula is C36H39ClN2O10. The molecule has 1 saturated heterocycles. The van der Waals surface area contributed by atoms with Crippen molar-refractivity contribution in [2.45, 2.75) is 78.2 Å². The van der Waals surface area contributed by atoms with Gasteiger partial charge in [0.25, 0.3) is 5.91 Å². The molecule has 260 valence electrons. The Morgan fingerprint density at radius 1 is 1.12 bits per heavy atom. The van der Waals surface area contributed by atoms with E-state index in [-0.39, 0.29) is 27.4 Å². The summed E-state index contributed by atoms with van der Waals surface area (Å²) in [5, 5.41) is 24.6. The summed E-state index contributed by atoms with van der Waals surface area (Å²) in [4.78, 5) is 42.0. The van der Waals surface area contributed by atoms with E-state index >= 15 is 0 Å². The van der Waals surface area contributed by atoms with Crippen molar-refractivity contribution in [3.05, 3.63) is 97.6 Å². The fourth-order valence-electron chi connectivity index (χ4n) is 5.68. The first-order valence-corrected chi connectivity index (χ1v) is 15.9. The minimum Gasteiger partial charge on any atom is -0.505 e. The molecule has 49 heavy (non-hydrogen) atoms. The number of carbonyl (C=O) groups is 2. The number of amides is 1. The van der Waals surface area contributed by atoms with Gasteiger partial charge in [-0.15, -0.1) is 0 Å². The number of carbonyl (C=O) groups excluding carboxylic acids is 2. The summed E-state index contributed by atoms with van der Waals surface area (Å²) in [6.07, 6.45) is -2.40. The molecule has 1 amide bonds. The maximum absolute atomic E-state index is 13.2. The third-order valence-electron chi connectivity index (χ3n) is 8.34. The number of hydrogen-bond donors (Lipinski definition) is 4. The van der Waals surface area contributed by atoms with E-state index in [4.69, 9.17) is 35.0 Å². The summed E-state index contributed by atoms with van der Waals surface area (Å²) in [7, 11) is 1.40. The number of allylic oxidation sites excluding steroid dienone is 2. The second-order valence-electron chi connectivity index (χ2n) is 12.7. The van der Waals surface area contributed by atoms with Gasteiger partial charge in [-0.05, 0) is 95.5 Å². The lowest BCUT2D eigenvalue weighted by Gasteiger charge is -2.47. The summed E-state index contributed by atoms with van der Waals surface area (Å²) >= 11 is 6.61. The number of anilines is 1. The van der Waals surface area contributed by atoms with Gasteiger partial charge in [-0.1, -0.05) is 29.3 Å². The van der Waals surface area contributed by atoms with E-state index < -0.39 is 59.1 Å². The molecular weight excluding hydrogens is 656 g/mol. The molecule has 5 rings (SSSR count). The quantitative estimate of drug-likeness (QED) is 0.0930. The van der Waals surface area contributed by atoms with Crippen molar-refractivity contribution in [1.82, 2.24) is 4.98 Å². The number of benzene rings is 2. The minimum atomic E-state index is -1.55. The number of aromatic hydroxyl groups is 1. The van der Waals surface area contributed by atoms with Crippen LogP contribution in [0, 0.1) is 13.8 Å². The second kappa shape index (κ2) is 14.1. The van der Waals surface area contributed by atoms with Gasteiger partial charge in [0, 0.05) is 18.4 Å². The van der Waals surface area contributed by atoms with E-state index in [9.17, 15) is 24.6 Å². The maximum Gasteiger partial charge on any atom is 0.364 e. The van der Waals surface area contributed by atoms with Gasteiger partial charge in [0.2, 0.25) is 6.29 Å². The van der Waals surface area contributed by atoms with E-state index in [1.165, 1.54) is 19.2 Å². The highest BCUT2D eigenvalue weighted by atomic mass is 35.5. The molecule has 2 aromatic carbocycles. The molecule has 13 heteroatoms. The van der Waals surface area contributed by atoms with Gasteiger partial charge in [-0.25, -0.2) is 9.59 Å². The zero-order valence-electron chi connectivity index (χ0n) is 28.2. The molecule has 1 aliphatic rings. The molecule has 0 spiro atoms. The van der Waals surface area contributed by atoms with Crippen LogP contribution in [0.2, 0.25) is 5.02 Å². The summed E-state index contributed by atoms with van der Waals surface area (Å²) in [6.45, 7) is 11.1. The van der Waals surface area contributed by atoms with E-state index in [2.05, 4.69) is 10.3 Å². The van der Waals surface area contributed by atoms with Gasteiger partial charge >= 0.3 is 11.6 Å². The minimum absolute atomic E-state index is 0.0124. The van der Waals surface area contributed by atoms with E-state index in [1.807, 2.05) is 32.9 Å². The smallest absolute Gasteiger partial charge is 0.364 e. The lowest BCUT2D eigenvalue weighted by atomic mass is 9.89. The number of aromatic nitrogens is 1. The van der Waals surface area contributed by atoms with Crippen LogP contribution in [0.1, 0.15) is 65.4 Å². The number of nitrogens with one attached hydrogen (secondary N) is 2. The molecule has 4 N–H and O–H groups in total. The van der Waals surface area contributed by atoms with E-state index in [0.29, 0.717) is 12.0 Å². The Labute approximate surface area is 287 Å². The Balaban J connectivity index is 1.40. The SMILES string of the molecule is CO[C@@H]1[C@@H](OC(=O)c2ccc(C)[nH]2)[C@@H](O)[C@H](Oc2ccc3c(O)c(NC(=O)c4ccc(C)c(CC=C(C)C)c4)c(=O)oc3c2Cl)OC1(C)C. The van der Waals surface area contributed by atoms with Crippen LogP contribution in [0.3, 0.4) is 0 Å². The van der Waals surface area contributed by atoms with Crippen molar-refractivity contribution in [3.63, 3.8) is 0 Å². The first-order chi connectivity index (χ1) is 23.1. The molecule has 1 fully saturated rings. The van der Waals surface area contributed by atoms with Gasteiger partial charge in [0.1, 0.15) is 22.6 Å². The van der Waals surface area contributed by atoms with E-state index in [1.54, 1.807) is 45.0 Å². The Bertz CT molecular complexity index is 1990. The van der Waals surface area contributed by atoms with Crippen LogP contribution in [0.15, 0.2) is 63.3 Å². The van der Waals surface area contributed by atoms with Gasteiger partial charge in [0.05, 0.1) is 11.0 Å². The van der Waals surface area contributed by atoms with Crippen LogP contribution < -0.4 is 15.7 Å². The number of H-pyrrole nitrogens is 1. The van der Waals surface area contributed by atoms with E-state index in [0.717, 1.165) is 22.4 Å². The zero-order valence-corrected chi connectivity index (χ0v) is 28.9. The molecule has 4 aromatic rings. The highest BCUT2D eigenvalue weighted by Gasteiger charge is 2.53. The maximum atomic E-state index is 13.2. The summed E-state index contributed by atoms with van der Waals surface area (Å²) in [5.41, 5.74) is 1.43. The van der Waals surface area contributed by atoms with Crippen molar-refractivity contribution in [2.24, 2.45) is 0 Å². The third kappa shape index (κ3) is 7.37. The van der Waals surface area contributed by atoms with Crippen LogP contribution >= 0.6 is 11.6 Å². The normalized spacial score (nSPS) is 20.1. The number of ether oxygens (including phenoxy) is 4. The number of aryl methyl sites for hydroxylation is 2. The number of fused-ring (bicyclic) bond motifs is 1. The summed E-state index contributed by atoms with van der Waals surface area (Å²) < 4.78 is 28.7. The molecule has 4 atom stereocenters. The van der Waals surface area contributed by atoms with Crippen LogP contribution in [0.25, 0.3) is 11.0 Å². The molecule has 0 bridgehead atoms. The molecule has 0 unspecified atom stereocenters. The summed E-state index contributed by atoms with van der Waals surface area (Å²) in [6, 6.07) is 11.2. The standard InChI is InChI=1S/C36H39ClN2O10/c1-17(2)8-11-20-16-21(12-9-18(20)3)32(42)39-26-27(40)22-13-15-24(25(37)29(22)47-34(26)44)46-35-28(41)30(31(45-7)36(5,6)49-35)48-33(43)23-14-10-19(4)38-23/h8-10,12-16,28,30-31,35,38,40-41H,11H2,1-7H3,(H,39,42)/t28-,30+,31-,35-/m1/s1. The van der Waals surface area contributed by atoms with Crippen LogP contribution in [0.5, 0.6) is 11.5 Å². The highest BCUT2D eigenvalue weighted by Crippen LogP contribution is 2.41. The van der Waals surface area contributed by atoms with Crippen LogP contribution in [-0.4, -0.2) is 64.4 Å². The molecule has 2 aromatic heterocycles. The Kier molecular flexibility index (Phi) is 10.3. The predicted molar refractivity (Wildman–Crippen MR) is 183 cm³/mol. The number of methoxy groups -OCH3 is 1. The fourth-order valence-corrected chi connectivity index (χ4v) is 5.93.